The van der Waals surface area contributed by atoms with Crippen LogP contribution in [0.3, 0.4) is 0 Å². The van der Waals surface area contributed by atoms with Crippen LogP contribution in [0, 0.1) is 11.8 Å². The van der Waals surface area contributed by atoms with E-state index in [0.717, 1.165) is 11.8 Å². The number of rotatable bonds is 29. The van der Waals surface area contributed by atoms with E-state index in [-0.39, 0.29) is 0 Å². The number of hydrogen-bond donors (Lipinski definition) is 0. The second-order valence-electron chi connectivity index (χ2n) is 12.6. The molecule has 0 aromatic rings. The molecule has 0 N–H and O–H groups in total. The van der Waals surface area contributed by atoms with Gasteiger partial charge in [-0.25, -0.2) is 0 Å². The van der Waals surface area contributed by atoms with Gasteiger partial charge in [-0.3, -0.25) is 0 Å². The molecule has 0 amide bonds. The highest BCUT2D eigenvalue weighted by Crippen LogP contribution is 2.15. The Morgan fingerprint density at radius 2 is 0.600 bits per heavy atom. The molecule has 0 rings (SSSR count). The Bertz CT molecular complexity index is 345. The summed E-state index contributed by atoms with van der Waals surface area (Å²) in [6.07, 6.45) is 34.8. The molecule has 35 heavy (non-hydrogen) atoms. The topological polar surface area (TPSA) is 3.24 Å². The molecule has 0 aromatic carbocycles. The highest BCUT2D eigenvalue weighted by atomic mass is 15.1. The predicted octanol–water partition coefficient (Wildman–Crippen LogP) is 12.0. The van der Waals surface area contributed by atoms with Gasteiger partial charge in [0, 0.05) is 0 Å². The lowest BCUT2D eigenvalue weighted by atomic mass is 10.0. The second kappa shape index (κ2) is 28.5. The van der Waals surface area contributed by atoms with Gasteiger partial charge in [-0.2, -0.15) is 0 Å². The lowest BCUT2D eigenvalue weighted by molar-refractivity contribution is 0.254. The van der Waals surface area contributed by atoms with E-state index in [1.54, 1.807) is 0 Å². The van der Waals surface area contributed by atoms with Gasteiger partial charge in [0.1, 0.15) is 0 Å². The quantitative estimate of drug-likeness (QED) is 0.0936. The molecular weight excluding hydrogens is 422 g/mol. The molecule has 0 fully saturated rings. The van der Waals surface area contributed by atoms with Crippen LogP contribution in [0.4, 0.5) is 0 Å². The van der Waals surface area contributed by atoms with Crippen LogP contribution in [0.5, 0.6) is 0 Å². The summed E-state index contributed by atoms with van der Waals surface area (Å²) in [6, 6.07) is 0. The second-order valence-corrected chi connectivity index (χ2v) is 12.6. The molecule has 0 aliphatic carbocycles. The van der Waals surface area contributed by atoms with E-state index >= 15 is 0 Å². The normalized spacial score (nSPS) is 12.0. The van der Waals surface area contributed by atoms with E-state index in [0.29, 0.717) is 0 Å². The summed E-state index contributed by atoms with van der Waals surface area (Å²) in [4.78, 5) is 2.82. The molecule has 212 valence electrons. The molecule has 0 bridgehead atoms. The Labute approximate surface area is 225 Å². The molecule has 0 aliphatic heterocycles. The zero-order chi connectivity index (χ0) is 25.8. The van der Waals surface area contributed by atoms with Crippen LogP contribution >= 0.6 is 0 Å². The van der Waals surface area contributed by atoms with Crippen molar-refractivity contribution in [1.82, 2.24) is 4.90 Å². The monoisotopic (exact) mass is 494 g/mol. The standard InChI is InChI=1S/C34H71N/c1-6-7-8-25-30-35(31-26-21-17-13-9-11-15-19-23-28-33(2)3)32-27-22-18-14-10-12-16-20-24-29-34(4)5/h33-34H,6-32H2,1-5H3. The average molecular weight is 494 g/mol. The van der Waals surface area contributed by atoms with Crippen molar-refractivity contribution in [2.24, 2.45) is 11.8 Å². The minimum absolute atomic E-state index is 0.889. The van der Waals surface area contributed by atoms with E-state index in [1.165, 1.54) is 174 Å². The lowest BCUT2D eigenvalue weighted by Crippen LogP contribution is -2.27. The number of nitrogens with zero attached hydrogens (tertiary/aromatic N) is 1. The Hall–Kier alpha value is -0.0400. The fourth-order valence-electron chi connectivity index (χ4n) is 5.35. The molecule has 0 radical (unpaired) electrons. The zero-order valence-electron chi connectivity index (χ0n) is 25.7. The Kier molecular flexibility index (Phi) is 28.5. The summed E-state index contributed by atoms with van der Waals surface area (Å²) in [5.41, 5.74) is 0. The molecule has 0 saturated heterocycles. The van der Waals surface area contributed by atoms with E-state index < -0.39 is 0 Å². The van der Waals surface area contributed by atoms with Gasteiger partial charge in [0.25, 0.3) is 0 Å². The van der Waals surface area contributed by atoms with E-state index in [9.17, 15) is 0 Å². The summed E-state index contributed by atoms with van der Waals surface area (Å²) in [7, 11) is 0. The van der Waals surface area contributed by atoms with Crippen molar-refractivity contribution >= 4 is 0 Å². The largest absolute Gasteiger partial charge is 0.303 e. The lowest BCUT2D eigenvalue weighted by Gasteiger charge is -2.22. The predicted molar refractivity (Wildman–Crippen MR) is 163 cm³/mol. The summed E-state index contributed by atoms with van der Waals surface area (Å²) >= 11 is 0. The van der Waals surface area contributed by atoms with Crippen LogP contribution < -0.4 is 0 Å². The Balaban J connectivity index is 3.69. The first kappa shape index (κ1) is 35.0. The van der Waals surface area contributed by atoms with Crippen molar-refractivity contribution in [3.63, 3.8) is 0 Å². The first-order chi connectivity index (χ1) is 17.1. The van der Waals surface area contributed by atoms with Crippen LogP contribution in [0.25, 0.3) is 0 Å². The summed E-state index contributed by atoms with van der Waals surface area (Å²) < 4.78 is 0. The summed E-state index contributed by atoms with van der Waals surface area (Å²) in [5.74, 6) is 1.78. The van der Waals surface area contributed by atoms with E-state index in [2.05, 4.69) is 39.5 Å². The zero-order valence-corrected chi connectivity index (χ0v) is 25.7. The van der Waals surface area contributed by atoms with Gasteiger partial charge in [-0.05, 0) is 50.7 Å². The molecule has 0 aliphatic rings. The van der Waals surface area contributed by atoms with Crippen LogP contribution in [0.1, 0.15) is 189 Å². The maximum atomic E-state index is 2.82. The van der Waals surface area contributed by atoms with Crippen molar-refractivity contribution in [3.05, 3.63) is 0 Å². The van der Waals surface area contributed by atoms with Gasteiger partial charge in [-0.15, -0.1) is 0 Å². The van der Waals surface area contributed by atoms with Crippen molar-refractivity contribution < 1.29 is 0 Å². The minimum atomic E-state index is 0.889. The van der Waals surface area contributed by atoms with E-state index in [1.807, 2.05) is 0 Å². The van der Waals surface area contributed by atoms with Crippen LogP contribution in [0.2, 0.25) is 0 Å². The number of hydrogen-bond acceptors (Lipinski definition) is 1. The molecule has 0 saturated carbocycles. The van der Waals surface area contributed by atoms with Gasteiger partial charge in [0.2, 0.25) is 0 Å². The van der Waals surface area contributed by atoms with Gasteiger partial charge in [0.05, 0.1) is 0 Å². The molecule has 0 unspecified atom stereocenters. The molecule has 0 aromatic heterocycles. The Morgan fingerprint density at radius 1 is 0.343 bits per heavy atom. The van der Waals surface area contributed by atoms with Crippen molar-refractivity contribution in [1.29, 1.82) is 0 Å². The van der Waals surface area contributed by atoms with Crippen LogP contribution in [-0.2, 0) is 0 Å². The maximum Gasteiger partial charge on any atom is -0.00187 e. The average Bonchev–Trinajstić information content (AvgIpc) is 2.82. The number of unbranched alkanes of at least 4 members (excludes halogenated alkanes) is 19. The molecule has 1 nitrogen and oxygen atoms in total. The highest BCUT2D eigenvalue weighted by Gasteiger charge is 2.05. The minimum Gasteiger partial charge on any atom is -0.303 e. The third-order valence-electron chi connectivity index (χ3n) is 7.84. The van der Waals surface area contributed by atoms with Gasteiger partial charge in [0.15, 0.2) is 0 Å². The van der Waals surface area contributed by atoms with Gasteiger partial charge >= 0.3 is 0 Å². The van der Waals surface area contributed by atoms with Crippen molar-refractivity contribution in [3.8, 4) is 0 Å². The highest BCUT2D eigenvalue weighted by molar-refractivity contribution is 4.60. The van der Waals surface area contributed by atoms with Crippen LogP contribution in [-0.4, -0.2) is 24.5 Å². The summed E-state index contributed by atoms with van der Waals surface area (Å²) in [6.45, 7) is 15.8. The third-order valence-corrected chi connectivity index (χ3v) is 7.84. The van der Waals surface area contributed by atoms with E-state index in [4.69, 9.17) is 0 Å². The van der Waals surface area contributed by atoms with Crippen LogP contribution in [0.15, 0.2) is 0 Å². The molecule has 0 heterocycles. The van der Waals surface area contributed by atoms with Crippen molar-refractivity contribution in [2.45, 2.75) is 189 Å². The van der Waals surface area contributed by atoms with Gasteiger partial charge in [-0.1, -0.05) is 169 Å². The smallest absolute Gasteiger partial charge is 0.00187 e. The first-order valence-corrected chi connectivity index (χ1v) is 16.8. The third kappa shape index (κ3) is 30.1. The SMILES string of the molecule is CCCCCCN(CCCCCCCCCCCC(C)C)CCCCCCCCCCCC(C)C. The molecule has 1 heteroatoms. The fourth-order valence-corrected chi connectivity index (χ4v) is 5.35. The molecule has 0 spiro atoms. The fraction of sp³-hybridized carbons (Fsp3) is 1.00. The summed E-state index contributed by atoms with van der Waals surface area (Å²) in [5, 5.41) is 0. The molecular formula is C34H71N. The van der Waals surface area contributed by atoms with Gasteiger partial charge < -0.3 is 4.90 Å². The Morgan fingerprint density at radius 3 is 0.886 bits per heavy atom. The van der Waals surface area contributed by atoms with Crippen molar-refractivity contribution in [2.75, 3.05) is 19.6 Å². The first-order valence-electron chi connectivity index (χ1n) is 16.8. The maximum absolute atomic E-state index is 2.82. The molecule has 0 atom stereocenters.